The van der Waals surface area contributed by atoms with Crippen molar-refractivity contribution >= 4 is 15.9 Å². The van der Waals surface area contributed by atoms with E-state index in [1.54, 1.807) is 18.3 Å². The number of nitrogens with zero attached hydrogens (tertiary/aromatic N) is 3. The molecule has 0 aliphatic carbocycles. The first-order chi connectivity index (χ1) is 13.6. The van der Waals surface area contributed by atoms with E-state index < -0.39 is 10.0 Å². The largest absolute Gasteiger partial charge is 0.442 e. The summed E-state index contributed by atoms with van der Waals surface area (Å²) < 4.78 is 33.1. The number of hydrogen-bond acceptors (Lipinski definition) is 5. The van der Waals surface area contributed by atoms with E-state index in [1.807, 2.05) is 4.90 Å². The van der Waals surface area contributed by atoms with E-state index in [1.165, 1.54) is 10.4 Å². The summed E-state index contributed by atoms with van der Waals surface area (Å²) in [6.07, 6.45) is 7.37. The highest BCUT2D eigenvalue weighted by molar-refractivity contribution is 7.89. The molecule has 1 N–H and O–H groups in total. The fraction of sp³-hybridized carbons (Fsp3) is 0.579. The Morgan fingerprint density at radius 1 is 1.07 bits per heavy atom. The molecule has 4 heterocycles. The van der Waals surface area contributed by atoms with Gasteiger partial charge in [0.25, 0.3) is 10.0 Å². The molecule has 2 aromatic heterocycles. The molecule has 2 aromatic rings. The summed E-state index contributed by atoms with van der Waals surface area (Å²) in [6, 6.07) is 4.79. The number of rotatable bonds is 4. The predicted molar refractivity (Wildman–Crippen MR) is 103 cm³/mol. The molecule has 152 valence electrons. The number of sulfonamides is 1. The number of hydrogen-bond donors (Lipinski definition) is 1. The fourth-order valence-corrected chi connectivity index (χ4v) is 5.47. The predicted octanol–water partition coefficient (Wildman–Crippen LogP) is 2.47. The zero-order valence-electron chi connectivity index (χ0n) is 15.8. The summed E-state index contributed by atoms with van der Waals surface area (Å²) in [5, 5.41) is 6.51. The van der Waals surface area contributed by atoms with Crippen LogP contribution in [0.2, 0.25) is 0 Å². The number of piperidine rings is 1. The van der Waals surface area contributed by atoms with Crippen molar-refractivity contribution in [3.63, 3.8) is 0 Å². The molecule has 2 saturated heterocycles. The van der Waals surface area contributed by atoms with Crippen molar-refractivity contribution in [1.29, 1.82) is 0 Å². The van der Waals surface area contributed by atoms with Gasteiger partial charge in [0, 0.05) is 32.4 Å². The normalized spacial score (nSPS) is 22.1. The van der Waals surface area contributed by atoms with Crippen LogP contribution in [0.5, 0.6) is 0 Å². The first kappa shape index (κ1) is 19.2. The van der Waals surface area contributed by atoms with Gasteiger partial charge in [0.1, 0.15) is 5.69 Å². The Kier molecular flexibility index (Phi) is 5.54. The Hall–Kier alpha value is -2.13. The van der Waals surface area contributed by atoms with Gasteiger partial charge in [-0.1, -0.05) is 12.8 Å². The van der Waals surface area contributed by atoms with Gasteiger partial charge in [-0.15, -0.1) is 0 Å². The van der Waals surface area contributed by atoms with Crippen molar-refractivity contribution in [2.45, 2.75) is 43.6 Å². The first-order valence-electron chi connectivity index (χ1n) is 9.94. The van der Waals surface area contributed by atoms with Crippen LogP contribution in [-0.4, -0.2) is 59.9 Å². The van der Waals surface area contributed by atoms with E-state index in [-0.39, 0.29) is 23.5 Å². The molecule has 4 rings (SSSR count). The highest BCUT2D eigenvalue weighted by atomic mass is 32.2. The maximum Gasteiger partial charge on any atom is 0.276 e. The van der Waals surface area contributed by atoms with Crippen LogP contribution in [0.15, 0.2) is 33.9 Å². The molecule has 9 heteroatoms. The summed E-state index contributed by atoms with van der Waals surface area (Å²) in [5.41, 5.74) is 0.620. The third-order valence-corrected chi connectivity index (χ3v) is 7.33. The van der Waals surface area contributed by atoms with Gasteiger partial charge in [0.2, 0.25) is 11.0 Å². The van der Waals surface area contributed by atoms with Crippen LogP contribution in [0.3, 0.4) is 0 Å². The van der Waals surface area contributed by atoms with Crippen LogP contribution in [0.25, 0.3) is 11.5 Å². The van der Waals surface area contributed by atoms with Crippen LogP contribution in [0, 0.1) is 5.92 Å². The van der Waals surface area contributed by atoms with E-state index in [9.17, 15) is 13.2 Å². The fourth-order valence-electron chi connectivity index (χ4n) is 4.04. The standard InChI is InChI=1S/C19H26N4O4S/c24-19(22-11-3-1-2-4-12-22)15-6-5-13-23(14-15)28(25,26)18-8-7-17(27-18)16-9-10-20-21-16/h7-10,15H,1-6,11-14H2,(H,20,21)/t15-/m1/s1. The van der Waals surface area contributed by atoms with Gasteiger partial charge >= 0.3 is 0 Å². The number of furan rings is 1. The summed E-state index contributed by atoms with van der Waals surface area (Å²) in [6.45, 7) is 2.20. The highest BCUT2D eigenvalue weighted by Gasteiger charge is 2.36. The van der Waals surface area contributed by atoms with Crippen LogP contribution >= 0.6 is 0 Å². The molecule has 8 nitrogen and oxygen atoms in total. The second kappa shape index (κ2) is 8.08. The van der Waals surface area contributed by atoms with E-state index in [4.69, 9.17) is 4.42 Å². The summed E-state index contributed by atoms with van der Waals surface area (Å²) in [7, 11) is -3.78. The smallest absolute Gasteiger partial charge is 0.276 e. The van der Waals surface area contributed by atoms with E-state index in [0.717, 1.165) is 45.2 Å². The zero-order chi connectivity index (χ0) is 19.6. The third kappa shape index (κ3) is 3.86. The molecule has 0 bridgehead atoms. The average molecular weight is 407 g/mol. The van der Waals surface area contributed by atoms with E-state index in [2.05, 4.69) is 10.2 Å². The maximum absolute atomic E-state index is 13.1. The number of aromatic amines is 1. The topological polar surface area (TPSA) is 99.5 Å². The van der Waals surface area contributed by atoms with E-state index in [0.29, 0.717) is 24.4 Å². The van der Waals surface area contributed by atoms with Crippen molar-refractivity contribution in [3.05, 3.63) is 24.4 Å². The minimum absolute atomic E-state index is 0.0967. The molecule has 0 unspecified atom stereocenters. The number of H-pyrrole nitrogens is 1. The molecule has 0 saturated carbocycles. The van der Waals surface area contributed by atoms with Gasteiger partial charge in [-0.3, -0.25) is 9.89 Å². The Morgan fingerprint density at radius 3 is 2.57 bits per heavy atom. The molecule has 0 aromatic carbocycles. The monoisotopic (exact) mass is 406 g/mol. The summed E-state index contributed by atoms with van der Waals surface area (Å²) >= 11 is 0. The van der Waals surface area contributed by atoms with Crippen molar-refractivity contribution in [2.75, 3.05) is 26.2 Å². The maximum atomic E-state index is 13.1. The van der Waals surface area contributed by atoms with Crippen molar-refractivity contribution in [2.24, 2.45) is 5.92 Å². The van der Waals surface area contributed by atoms with Gasteiger partial charge < -0.3 is 9.32 Å². The molecule has 2 aliphatic rings. The lowest BCUT2D eigenvalue weighted by atomic mass is 9.98. The molecular formula is C19H26N4O4S. The number of aromatic nitrogens is 2. The van der Waals surface area contributed by atoms with Crippen molar-refractivity contribution in [3.8, 4) is 11.5 Å². The molecule has 1 atom stereocenters. The third-order valence-electron chi connectivity index (χ3n) is 5.59. The molecule has 2 aliphatic heterocycles. The zero-order valence-corrected chi connectivity index (χ0v) is 16.7. The lowest BCUT2D eigenvalue weighted by Crippen LogP contribution is -2.46. The minimum Gasteiger partial charge on any atom is -0.442 e. The molecule has 28 heavy (non-hydrogen) atoms. The molecule has 0 spiro atoms. The van der Waals surface area contributed by atoms with Crippen molar-refractivity contribution < 1.29 is 17.6 Å². The van der Waals surface area contributed by atoms with Crippen LogP contribution in [0.1, 0.15) is 38.5 Å². The van der Waals surface area contributed by atoms with Crippen LogP contribution in [-0.2, 0) is 14.8 Å². The number of nitrogens with one attached hydrogen (secondary N) is 1. The Balaban J connectivity index is 1.48. The second-order valence-electron chi connectivity index (χ2n) is 7.53. The first-order valence-corrected chi connectivity index (χ1v) is 11.4. The molecule has 1 amide bonds. The number of amides is 1. The Bertz CT molecular complexity index is 898. The Labute approximate surface area is 164 Å². The van der Waals surface area contributed by atoms with Crippen molar-refractivity contribution in [1.82, 2.24) is 19.4 Å². The highest BCUT2D eigenvalue weighted by Crippen LogP contribution is 2.29. The molecule has 2 fully saturated rings. The number of carbonyl (C=O) groups excluding carboxylic acids is 1. The lowest BCUT2D eigenvalue weighted by Gasteiger charge is -2.33. The second-order valence-corrected chi connectivity index (χ2v) is 9.40. The summed E-state index contributed by atoms with van der Waals surface area (Å²) in [5.74, 6) is 0.244. The van der Waals surface area contributed by atoms with Crippen LogP contribution in [0.4, 0.5) is 0 Å². The molecular weight excluding hydrogens is 380 g/mol. The van der Waals surface area contributed by atoms with E-state index >= 15 is 0 Å². The van der Waals surface area contributed by atoms with Gasteiger partial charge in [-0.25, -0.2) is 8.42 Å². The number of likely N-dealkylation sites (tertiary alicyclic amines) is 1. The van der Waals surface area contributed by atoms with Crippen LogP contribution < -0.4 is 0 Å². The van der Waals surface area contributed by atoms with Gasteiger partial charge in [0.05, 0.1) is 5.92 Å². The summed E-state index contributed by atoms with van der Waals surface area (Å²) in [4.78, 5) is 14.9. The SMILES string of the molecule is O=C([C@@H]1CCCN(S(=O)(=O)c2ccc(-c3ccn[nH]3)o2)C1)N1CCCCCC1. The molecule has 0 radical (unpaired) electrons. The number of carbonyl (C=O) groups is 1. The van der Waals surface area contributed by atoms with Gasteiger partial charge in [-0.05, 0) is 43.9 Å². The quantitative estimate of drug-likeness (QED) is 0.841. The average Bonchev–Trinajstić information content (AvgIpc) is 3.35. The Morgan fingerprint density at radius 2 is 1.86 bits per heavy atom. The lowest BCUT2D eigenvalue weighted by molar-refractivity contribution is -0.136. The van der Waals surface area contributed by atoms with Gasteiger partial charge in [0.15, 0.2) is 5.76 Å². The van der Waals surface area contributed by atoms with Gasteiger partial charge in [-0.2, -0.15) is 9.40 Å². The minimum atomic E-state index is -3.78.